The summed E-state index contributed by atoms with van der Waals surface area (Å²) in [7, 11) is 0. The van der Waals surface area contributed by atoms with E-state index in [1.54, 1.807) is 0 Å². The summed E-state index contributed by atoms with van der Waals surface area (Å²) >= 11 is 5.08. The molecule has 1 aliphatic heterocycles. The van der Waals surface area contributed by atoms with Crippen molar-refractivity contribution in [1.82, 2.24) is 10.2 Å². The molecule has 0 spiro atoms. The molecule has 0 radical (unpaired) electrons. The van der Waals surface area contributed by atoms with Crippen molar-refractivity contribution in [2.24, 2.45) is 5.92 Å². The second kappa shape index (κ2) is 7.49. The molecule has 1 amide bonds. The van der Waals surface area contributed by atoms with Gasteiger partial charge >= 0.3 is 5.97 Å². The van der Waals surface area contributed by atoms with Crippen molar-refractivity contribution in [3.63, 3.8) is 0 Å². The molecular weight excluding hydrogens is 292 g/mol. The fraction of sp³-hybridized carbons (Fsp3) is 0.714. The van der Waals surface area contributed by atoms with Crippen molar-refractivity contribution >= 4 is 34.9 Å². The van der Waals surface area contributed by atoms with E-state index in [1.807, 2.05) is 13.8 Å². The Labute approximate surface area is 129 Å². The van der Waals surface area contributed by atoms with Gasteiger partial charge < -0.3 is 15.3 Å². The third-order valence-electron chi connectivity index (χ3n) is 3.48. The largest absolute Gasteiger partial charge is 0.480 e. The average molecular weight is 314 g/mol. The lowest BCUT2D eigenvalue weighted by Crippen LogP contribution is -2.53. The summed E-state index contributed by atoms with van der Waals surface area (Å²) in [5.41, 5.74) is 0. The Bertz CT molecular complexity index is 450. The van der Waals surface area contributed by atoms with E-state index in [1.165, 1.54) is 11.8 Å². The summed E-state index contributed by atoms with van der Waals surface area (Å²) in [6, 6.07) is -1.36. The quantitative estimate of drug-likeness (QED) is 0.711. The molecule has 6 nitrogen and oxygen atoms in total. The van der Waals surface area contributed by atoms with Gasteiger partial charge in [-0.3, -0.25) is 9.59 Å². The number of amides is 1. The lowest BCUT2D eigenvalue weighted by molar-refractivity contribution is -0.149. The molecular formula is C14H22N2O4S. The molecule has 118 valence electrons. The Morgan fingerprint density at radius 3 is 2.48 bits per heavy atom. The Morgan fingerprint density at radius 1 is 1.38 bits per heavy atom. The van der Waals surface area contributed by atoms with E-state index < -0.39 is 18.1 Å². The maximum absolute atomic E-state index is 12.6. The zero-order chi connectivity index (χ0) is 16.2. The summed E-state index contributed by atoms with van der Waals surface area (Å²) in [6.07, 6.45) is 1.25. The second-order valence-corrected chi connectivity index (χ2v) is 6.19. The van der Waals surface area contributed by atoms with Gasteiger partial charge in [-0.25, -0.2) is 4.79 Å². The Hall–Kier alpha value is -1.50. The van der Waals surface area contributed by atoms with Crippen LogP contribution in [0.4, 0.5) is 0 Å². The number of nitrogens with zero attached hydrogens (tertiary/aromatic N) is 1. The van der Waals surface area contributed by atoms with Crippen molar-refractivity contribution in [3.8, 4) is 0 Å². The van der Waals surface area contributed by atoms with Crippen molar-refractivity contribution < 1.29 is 19.5 Å². The van der Waals surface area contributed by atoms with Crippen LogP contribution in [0.3, 0.4) is 0 Å². The summed E-state index contributed by atoms with van der Waals surface area (Å²) in [4.78, 5) is 36.6. The number of likely N-dealkylation sites (tertiary alicyclic amines) is 1. The molecule has 0 unspecified atom stereocenters. The van der Waals surface area contributed by atoms with Crippen LogP contribution in [-0.4, -0.2) is 51.3 Å². The van der Waals surface area contributed by atoms with Crippen LogP contribution in [0.15, 0.2) is 0 Å². The van der Waals surface area contributed by atoms with Crippen molar-refractivity contribution in [3.05, 3.63) is 0 Å². The highest BCUT2D eigenvalue weighted by Crippen LogP contribution is 2.20. The predicted octanol–water partition coefficient (Wildman–Crippen LogP) is 0.983. The van der Waals surface area contributed by atoms with E-state index in [-0.39, 0.29) is 24.0 Å². The van der Waals surface area contributed by atoms with Crippen LogP contribution >= 0.6 is 12.2 Å². The number of nitrogens with one attached hydrogen (secondary N) is 1. The number of carboxylic acids is 1. The molecule has 1 aliphatic rings. The Morgan fingerprint density at radius 2 is 2.00 bits per heavy atom. The molecule has 0 bridgehead atoms. The fourth-order valence-corrected chi connectivity index (χ4v) is 2.76. The third kappa shape index (κ3) is 4.77. The normalized spacial score (nSPS) is 19.4. The summed E-state index contributed by atoms with van der Waals surface area (Å²) in [5, 5.41) is 12.1. The lowest BCUT2D eigenvalue weighted by Gasteiger charge is -2.30. The van der Waals surface area contributed by atoms with Gasteiger partial charge in [-0.05, 0) is 25.7 Å². The molecule has 1 rings (SSSR count). The van der Waals surface area contributed by atoms with Crippen LogP contribution < -0.4 is 5.32 Å². The first kappa shape index (κ1) is 17.6. The first-order valence-corrected chi connectivity index (χ1v) is 7.47. The number of carbonyl (C=O) groups is 3. The van der Waals surface area contributed by atoms with Crippen LogP contribution in [-0.2, 0) is 14.4 Å². The minimum atomic E-state index is -0.977. The molecule has 0 aromatic carbocycles. The molecule has 2 N–H and O–H groups in total. The molecule has 1 saturated heterocycles. The van der Waals surface area contributed by atoms with Crippen LogP contribution in [0.25, 0.3) is 0 Å². The summed E-state index contributed by atoms with van der Waals surface area (Å²) < 4.78 is 0. The van der Waals surface area contributed by atoms with E-state index >= 15 is 0 Å². The average Bonchev–Trinajstić information content (AvgIpc) is 2.83. The summed E-state index contributed by atoms with van der Waals surface area (Å²) in [5.74, 6) is -1.38. The van der Waals surface area contributed by atoms with Gasteiger partial charge in [0, 0.05) is 6.54 Å². The van der Waals surface area contributed by atoms with E-state index in [9.17, 15) is 14.4 Å². The van der Waals surface area contributed by atoms with Crippen molar-refractivity contribution in [2.45, 2.75) is 52.1 Å². The van der Waals surface area contributed by atoms with Crippen LogP contribution in [0.5, 0.6) is 0 Å². The van der Waals surface area contributed by atoms with Gasteiger partial charge in [-0.1, -0.05) is 26.1 Å². The first-order valence-electron chi connectivity index (χ1n) is 7.06. The smallest absolute Gasteiger partial charge is 0.326 e. The lowest BCUT2D eigenvalue weighted by atomic mass is 10.0. The minimum Gasteiger partial charge on any atom is -0.480 e. The zero-order valence-corrected chi connectivity index (χ0v) is 13.4. The number of carbonyl (C=O) groups excluding carboxylic acids is 2. The second-order valence-electron chi connectivity index (χ2n) is 5.70. The van der Waals surface area contributed by atoms with Crippen molar-refractivity contribution in [2.75, 3.05) is 6.54 Å². The number of hydrogen-bond donors (Lipinski definition) is 2. The van der Waals surface area contributed by atoms with E-state index in [4.69, 9.17) is 17.3 Å². The fourth-order valence-electron chi connectivity index (χ4n) is 2.43. The number of aliphatic carboxylic acids is 1. The van der Waals surface area contributed by atoms with E-state index in [0.717, 1.165) is 0 Å². The van der Waals surface area contributed by atoms with Crippen LogP contribution in [0, 0.1) is 5.92 Å². The monoisotopic (exact) mass is 314 g/mol. The number of hydrogen-bond acceptors (Lipinski definition) is 4. The van der Waals surface area contributed by atoms with Gasteiger partial charge in [0.2, 0.25) is 5.91 Å². The number of thiocarbonyl (C=S) groups is 1. The van der Waals surface area contributed by atoms with Gasteiger partial charge in [0.1, 0.15) is 17.9 Å². The highest BCUT2D eigenvalue weighted by molar-refractivity contribution is 7.80. The summed E-state index contributed by atoms with van der Waals surface area (Å²) in [6.45, 7) is 5.59. The molecule has 0 saturated carbocycles. The van der Waals surface area contributed by atoms with Gasteiger partial charge in [0.25, 0.3) is 0 Å². The van der Waals surface area contributed by atoms with Crippen LogP contribution in [0.1, 0.15) is 40.0 Å². The number of carboxylic acid groups (broad SMARTS) is 1. The molecule has 0 aliphatic carbocycles. The molecule has 1 fully saturated rings. The Kier molecular flexibility index (Phi) is 6.26. The van der Waals surface area contributed by atoms with Crippen LogP contribution in [0.2, 0.25) is 0 Å². The SMILES string of the molecule is CC(=O)CC(=S)N[C@H](C(=O)N1CCC[C@H]1C(=O)O)C(C)C. The molecule has 1 heterocycles. The third-order valence-corrected chi connectivity index (χ3v) is 3.74. The van der Waals surface area contributed by atoms with E-state index in [0.29, 0.717) is 24.4 Å². The highest BCUT2D eigenvalue weighted by Gasteiger charge is 2.38. The predicted molar refractivity (Wildman–Crippen MR) is 82.0 cm³/mol. The Balaban J connectivity index is 2.80. The van der Waals surface area contributed by atoms with E-state index in [2.05, 4.69) is 5.32 Å². The van der Waals surface area contributed by atoms with Gasteiger partial charge in [0.15, 0.2) is 0 Å². The molecule has 0 aromatic rings. The maximum Gasteiger partial charge on any atom is 0.326 e. The molecule has 2 atom stereocenters. The first-order chi connectivity index (χ1) is 9.73. The number of Topliss-reactive ketones (excluding diaryl/α,β-unsaturated/α-hetero) is 1. The maximum atomic E-state index is 12.6. The highest BCUT2D eigenvalue weighted by atomic mass is 32.1. The van der Waals surface area contributed by atoms with Crippen molar-refractivity contribution in [1.29, 1.82) is 0 Å². The molecule has 0 aromatic heterocycles. The minimum absolute atomic E-state index is 0.0579. The number of ketones is 1. The number of rotatable bonds is 6. The van der Waals surface area contributed by atoms with Gasteiger partial charge in [-0.2, -0.15) is 0 Å². The zero-order valence-electron chi connectivity index (χ0n) is 12.6. The van der Waals surface area contributed by atoms with Gasteiger partial charge in [0.05, 0.1) is 11.4 Å². The molecule has 21 heavy (non-hydrogen) atoms. The standard InChI is InChI=1S/C14H22N2O4S/c1-8(2)12(15-11(21)7-9(3)17)13(18)16-6-4-5-10(16)14(19)20/h8,10,12H,4-7H2,1-3H3,(H,15,21)(H,19,20)/t10-,12-/m0/s1. The molecule has 7 heteroatoms. The van der Waals surface area contributed by atoms with Gasteiger partial charge in [-0.15, -0.1) is 0 Å². The topological polar surface area (TPSA) is 86.7 Å².